The van der Waals surface area contributed by atoms with Crippen LogP contribution in [0, 0.1) is 38.5 Å². The smallest absolute Gasteiger partial charge is 0.318 e. The van der Waals surface area contributed by atoms with Crippen LogP contribution in [0.2, 0.25) is 0 Å². The zero-order chi connectivity index (χ0) is 24.0. The zero-order valence-corrected chi connectivity index (χ0v) is 17.2. The summed E-state index contributed by atoms with van der Waals surface area (Å²) < 4.78 is 5.65. The van der Waals surface area contributed by atoms with Crippen LogP contribution in [0.15, 0.2) is 72.3 Å². The number of aryl methyl sites for hydroxylation is 1. The van der Waals surface area contributed by atoms with E-state index in [2.05, 4.69) is 5.32 Å². The number of nitriles is 1. The van der Waals surface area contributed by atoms with Gasteiger partial charge in [0.1, 0.15) is 17.4 Å². The Morgan fingerprint density at radius 3 is 2.36 bits per heavy atom. The molecule has 0 radical (unpaired) electrons. The summed E-state index contributed by atoms with van der Waals surface area (Å²) in [5, 5.41) is 34.5. The van der Waals surface area contributed by atoms with Crippen molar-refractivity contribution in [2.75, 3.05) is 5.32 Å². The van der Waals surface area contributed by atoms with Gasteiger partial charge in [-0.15, -0.1) is 0 Å². The Hall–Kier alpha value is -5.04. The number of nitro groups is 2. The molecule has 0 spiro atoms. The number of hydrogen-bond acceptors (Lipinski definition) is 7. The van der Waals surface area contributed by atoms with Crippen LogP contribution in [0.1, 0.15) is 11.1 Å². The molecular formula is C23H16N4O6. The molecular weight excluding hydrogens is 428 g/mol. The van der Waals surface area contributed by atoms with Gasteiger partial charge in [-0.05, 0) is 36.8 Å². The maximum Gasteiger partial charge on any atom is 0.318 e. The molecule has 3 rings (SSSR count). The standard InChI is InChI=1S/C23H16N4O6/c1-15-6-2-4-8-19(15)25-23(28)17(14-24)12-16-7-3-5-9-21(16)33-22-11-10-18(26(29)30)13-20(22)27(31)32/h2-13H,1H3,(H,25,28)/b17-12+. The molecule has 1 amide bonds. The topological polar surface area (TPSA) is 148 Å². The van der Waals surface area contributed by atoms with Gasteiger partial charge in [-0.2, -0.15) is 5.26 Å². The summed E-state index contributed by atoms with van der Waals surface area (Å²) in [6.07, 6.45) is 1.29. The highest BCUT2D eigenvalue weighted by Crippen LogP contribution is 2.36. The fraction of sp³-hybridized carbons (Fsp3) is 0.0435. The Morgan fingerprint density at radius 2 is 1.70 bits per heavy atom. The number of amides is 1. The van der Waals surface area contributed by atoms with Crippen molar-refractivity contribution < 1.29 is 19.4 Å². The summed E-state index contributed by atoms with van der Waals surface area (Å²) in [6, 6.07) is 18.2. The van der Waals surface area contributed by atoms with Crippen LogP contribution in [0.4, 0.5) is 17.1 Å². The average Bonchev–Trinajstić information content (AvgIpc) is 2.79. The summed E-state index contributed by atoms with van der Waals surface area (Å²) >= 11 is 0. The molecule has 0 aliphatic heterocycles. The molecule has 164 valence electrons. The van der Waals surface area contributed by atoms with Crippen molar-refractivity contribution in [1.82, 2.24) is 0 Å². The molecule has 10 nitrogen and oxygen atoms in total. The molecule has 33 heavy (non-hydrogen) atoms. The average molecular weight is 444 g/mol. The first-order chi connectivity index (χ1) is 15.8. The van der Waals surface area contributed by atoms with Crippen LogP contribution in [0.3, 0.4) is 0 Å². The van der Waals surface area contributed by atoms with E-state index in [4.69, 9.17) is 4.74 Å². The predicted octanol–water partition coefficient (Wildman–Crippen LogP) is 5.15. The lowest BCUT2D eigenvalue weighted by Gasteiger charge is -2.10. The molecule has 0 aromatic heterocycles. The molecule has 0 heterocycles. The normalized spacial score (nSPS) is 10.7. The molecule has 0 unspecified atom stereocenters. The lowest BCUT2D eigenvalue weighted by atomic mass is 10.1. The van der Waals surface area contributed by atoms with Crippen molar-refractivity contribution in [3.8, 4) is 17.6 Å². The van der Waals surface area contributed by atoms with Gasteiger partial charge in [0.05, 0.1) is 15.9 Å². The van der Waals surface area contributed by atoms with Crippen molar-refractivity contribution in [3.63, 3.8) is 0 Å². The van der Waals surface area contributed by atoms with E-state index in [0.717, 1.165) is 23.8 Å². The maximum absolute atomic E-state index is 12.6. The van der Waals surface area contributed by atoms with E-state index in [-0.39, 0.29) is 17.1 Å². The minimum atomic E-state index is -0.795. The first kappa shape index (κ1) is 22.6. The highest BCUT2D eigenvalue weighted by molar-refractivity contribution is 6.10. The maximum atomic E-state index is 12.6. The highest BCUT2D eigenvalue weighted by Gasteiger charge is 2.22. The van der Waals surface area contributed by atoms with Gasteiger partial charge >= 0.3 is 5.69 Å². The fourth-order valence-corrected chi connectivity index (χ4v) is 2.87. The predicted molar refractivity (Wildman–Crippen MR) is 120 cm³/mol. The number of ether oxygens (including phenoxy) is 1. The molecule has 0 aliphatic carbocycles. The minimum absolute atomic E-state index is 0.117. The van der Waals surface area contributed by atoms with Gasteiger partial charge in [-0.3, -0.25) is 25.0 Å². The summed E-state index contributed by atoms with van der Waals surface area (Å²) in [4.78, 5) is 33.4. The van der Waals surface area contributed by atoms with Crippen LogP contribution in [0.25, 0.3) is 6.08 Å². The van der Waals surface area contributed by atoms with Crippen molar-refractivity contribution >= 4 is 29.0 Å². The Morgan fingerprint density at radius 1 is 1.00 bits per heavy atom. The molecule has 10 heteroatoms. The monoisotopic (exact) mass is 444 g/mol. The molecule has 0 saturated carbocycles. The Bertz CT molecular complexity index is 1330. The number of anilines is 1. The van der Waals surface area contributed by atoms with Crippen molar-refractivity contribution in [1.29, 1.82) is 5.26 Å². The molecule has 0 fully saturated rings. The SMILES string of the molecule is Cc1ccccc1NC(=O)/C(C#N)=C/c1ccccc1Oc1ccc([N+](=O)[O-])cc1[N+](=O)[O-]. The van der Waals surface area contributed by atoms with E-state index in [1.54, 1.807) is 30.3 Å². The first-order valence-electron chi connectivity index (χ1n) is 9.48. The lowest BCUT2D eigenvalue weighted by Crippen LogP contribution is -2.14. The number of benzene rings is 3. The highest BCUT2D eigenvalue weighted by atomic mass is 16.6. The van der Waals surface area contributed by atoms with Gasteiger partial charge in [0.15, 0.2) is 0 Å². The van der Waals surface area contributed by atoms with E-state index in [0.29, 0.717) is 11.3 Å². The summed E-state index contributed by atoms with van der Waals surface area (Å²) in [5.41, 5.74) is 0.406. The molecule has 0 saturated heterocycles. The number of carbonyl (C=O) groups is 1. The summed E-state index contributed by atoms with van der Waals surface area (Å²) in [5.74, 6) is -0.747. The van der Waals surface area contributed by atoms with Crippen LogP contribution in [-0.2, 0) is 4.79 Å². The summed E-state index contributed by atoms with van der Waals surface area (Å²) in [7, 11) is 0. The van der Waals surface area contributed by atoms with Crippen LogP contribution < -0.4 is 10.1 Å². The van der Waals surface area contributed by atoms with Crippen LogP contribution >= 0.6 is 0 Å². The number of non-ortho nitro benzene ring substituents is 1. The number of rotatable bonds is 7. The van der Waals surface area contributed by atoms with E-state index in [9.17, 15) is 30.3 Å². The molecule has 0 atom stereocenters. The number of hydrogen-bond donors (Lipinski definition) is 1. The largest absolute Gasteiger partial charge is 0.449 e. The van der Waals surface area contributed by atoms with Crippen molar-refractivity contribution in [3.05, 3.63) is 104 Å². The zero-order valence-electron chi connectivity index (χ0n) is 17.2. The Kier molecular flexibility index (Phi) is 6.75. The third kappa shape index (κ3) is 5.36. The lowest BCUT2D eigenvalue weighted by molar-refractivity contribution is -0.394. The second kappa shape index (κ2) is 9.84. The molecule has 3 aromatic rings. The number of para-hydroxylation sites is 2. The quantitative estimate of drug-likeness (QED) is 0.229. The first-order valence-corrected chi connectivity index (χ1v) is 9.48. The van der Waals surface area contributed by atoms with Crippen LogP contribution in [-0.4, -0.2) is 15.8 Å². The molecule has 3 aromatic carbocycles. The van der Waals surface area contributed by atoms with E-state index in [1.165, 1.54) is 12.1 Å². The van der Waals surface area contributed by atoms with Crippen molar-refractivity contribution in [2.45, 2.75) is 6.92 Å². The molecule has 0 bridgehead atoms. The van der Waals surface area contributed by atoms with Crippen LogP contribution in [0.5, 0.6) is 11.5 Å². The second-order valence-corrected chi connectivity index (χ2v) is 6.74. The Labute approximate surface area is 187 Å². The van der Waals surface area contributed by atoms with Gasteiger partial charge in [-0.25, -0.2) is 0 Å². The van der Waals surface area contributed by atoms with E-state index >= 15 is 0 Å². The van der Waals surface area contributed by atoms with Gasteiger partial charge in [0.2, 0.25) is 5.75 Å². The van der Waals surface area contributed by atoms with Gasteiger partial charge < -0.3 is 10.1 Å². The number of nitrogens with zero attached hydrogens (tertiary/aromatic N) is 3. The van der Waals surface area contributed by atoms with Gasteiger partial charge in [-0.1, -0.05) is 36.4 Å². The van der Waals surface area contributed by atoms with Gasteiger partial charge in [0.25, 0.3) is 11.6 Å². The molecule has 0 aliphatic rings. The summed E-state index contributed by atoms with van der Waals surface area (Å²) in [6.45, 7) is 1.81. The third-order valence-corrected chi connectivity index (χ3v) is 4.55. The number of nitro benzene ring substituents is 2. The van der Waals surface area contributed by atoms with Crippen molar-refractivity contribution in [2.24, 2.45) is 0 Å². The Balaban J connectivity index is 1.95. The minimum Gasteiger partial charge on any atom is -0.449 e. The fourth-order valence-electron chi connectivity index (χ4n) is 2.87. The molecule has 1 N–H and O–H groups in total. The van der Waals surface area contributed by atoms with E-state index < -0.39 is 27.1 Å². The van der Waals surface area contributed by atoms with E-state index in [1.807, 2.05) is 25.1 Å². The second-order valence-electron chi connectivity index (χ2n) is 6.74. The van der Waals surface area contributed by atoms with Gasteiger partial charge in [0, 0.05) is 17.3 Å². The number of carbonyl (C=O) groups excluding carboxylic acids is 1. The third-order valence-electron chi connectivity index (χ3n) is 4.55. The number of nitrogens with one attached hydrogen (secondary N) is 1.